The van der Waals surface area contributed by atoms with Gasteiger partial charge in [0.2, 0.25) is 0 Å². The van der Waals surface area contributed by atoms with Gasteiger partial charge in [0.15, 0.2) is 0 Å². The monoisotopic (exact) mass is 271 g/mol. The molecular formula is C11H8BrF2N. The highest BCUT2D eigenvalue weighted by Gasteiger charge is 2.12. The zero-order valence-electron chi connectivity index (χ0n) is 7.97. The number of aromatic nitrogens is 1. The fourth-order valence-corrected chi connectivity index (χ4v) is 1.82. The molecule has 4 heteroatoms. The number of alkyl halides is 2. The van der Waals surface area contributed by atoms with Crippen molar-refractivity contribution in [2.45, 2.75) is 13.3 Å². The highest BCUT2D eigenvalue weighted by molar-refractivity contribution is 9.10. The van der Waals surface area contributed by atoms with Crippen molar-refractivity contribution in [3.05, 3.63) is 40.0 Å². The molecule has 2 aromatic rings. The van der Waals surface area contributed by atoms with Crippen LogP contribution >= 0.6 is 15.9 Å². The molecule has 1 nitrogen and oxygen atoms in total. The Morgan fingerprint density at radius 1 is 1.27 bits per heavy atom. The molecule has 0 unspecified atom stereocenters. The van der Waals surface area contributed by atoms with Gasteiger partial charge < -0.3 is 0 Å². The van der Waals surface area contributed by atoms with E-state index in [2.05, 4.69) is 20.9 Å². The van der Waals surface area contributed by atoms with Gasteiger partial charge in [-0.1, -0.05) is 22.0 Å². The second-order valence-corrected chi connectivity index (χ2v) is 4.22. The van der Waals surface area contributed by atoms with Crippen molar-refractivity contribution >= 4 is 26.8 Å². The van der Waals surface area contributed by atoms with Crippen LogP contribution in [0.1, 0.15) is 17.7 Å². The Labute approximate surface area is 94.3 Å². The molecule has 15 heavy (non-hydrogen) atoms. The van der Waals surface area contributed by atoms with E-state index in [9.17, 15) is 8.78 Å². The zero-order valence-corrected chi connectivity index (χ0v) is 9.55. The highest BCUT2D eigenvalue weighted by Crippen LogP contribution is 2.26. The lowest BCUT2D eigenvalue weighted by Gasteiger charge is -2.06. The number of halogens is 3. The van der Waals surface area contributed by atoms with Crippen LogP contribution in [0.4, 0.5) is 8.78 Å². The average Bonchev–Trinajstić information content (AvgIpc) is 2.15. The van der Waals surface area contributed by atoms with E-state index in [0.717, 1.165) is 15.4 Å². The first-order valence-corrected chi connectivity index (χ1v) is 5.22. The van der Waals surface area contributed by atoms with E-state index in [0.29, 0.717) is 5.69 Å². The van der Waals surface area contributed by atoms with Gasteiger partial charge in [0.05, 0.1) is 5.52 Å². The average molecular weight is 272 g/mol. The Kier molecular flexibility index (Phi) is 2.69. The number of nitrogens with zero attached hydrogens (tertiary/aromatic N) is 1. The minimum atomic E-state index is -2.47. The SMILES string of the molecule is Cc1nc2cc(Br)ccc2cc1C(F)F. The molecule has 0 saturated heterocycles. The van der Waals surface area contributed by atoms with E-state index in [1.165, 1.54) is 6.07 Å². The smallest absolute Gasteiger partial charge is 0.253 e. The Bertz CT molecular complexity index is 511. The van der Waals surface area contributed by atoms with Crippen LogP contribution in [0.5, 0.6) is 0 Å². The molecule has 0 atom stereocenters. The molecule has 0 saturated carbocycles. The van der Waals surface area contributed by atoms with Crippen molar-refractivity contribution in [2.24, 2.45) is 0 Å². The number of hydrogen-bond acceptors (Lipinski definition) is 1. The van der Waals surface area contributed by atoms with Gasteiger partial charge in [-0.2, -0.15) is 0 Å². The van der Waals surface area contributed by atoms with E-state index < -0.39 is 6.43 Å². The lowest BCUT2D eigenvalue weighted by molar-refractivity contribution is 0.150. The lowest BCUT2D eigenvalue weighted by Crippen LogP contribution is -1.93. The number of benzene rings is 1. The molecule has 1 aromatic heterocycles. The third-order valence-electron chi connectivity index (χ3n) is 2.24. The molecule has 1 aromatic carbocycles. The number of fused-ring (bicyclic) bond motifs is 1. The number of aryl methyl sites for hydroxylation is 1. The van der Waals surface area contributed by atoms with Gasteiger partial charge in [-0.05, 0) is 25.1 Å². The Hall–Kier alpha value is -1.03. The van der Waals surface area contributed by atoms with Crippen molar-refractivity contribution in [1.82, 2.24) is 4.98 Å². The maximum atomic E-state index is 12.6. The summed E-state index contributed by atoms with van der Waals surface area (Å²) in [5, 5.41) is 0.735. The molecule has 0 radical (unpaired) electrons. The van der Waals surface area contributed by atoms with Crippen LogP contribution < -0.4 is 0 Å². The second kappa shape index (κ2) is 3.85. The molecule has 78 valence electrons. The van der Waals surface area contributed by atoms with E-state index >= 15 is 0 Å². The maximum absolute atomic E-state index is 12.6. The predicted octanol–water partition coefficient (Wildman–Crippen LogP) is 4.24. The first kappa shape index (κ1) is 10.5. The normalized spacial score (nSPS) is 11.3. The summed E-state index contributed by atoms with van der Waals surface area (Å²) in [6.07, 6.45) is -2.47. The largest absolute Gasteiger partial charge is 0.265 e. The third-order valence-corrected chi connectivity index (χ3v) is 2.74. The van der Waals surface area contributed by atoms with Crippen LogP contribution in [-0.2, 0) is 0 Å². The molecule has 0 N–H and O–H groups in total. The van der Waals surface area contributed by atoms with Crippen molar-refractivity contribution in [3.8, 4) is 0 Å². The molecule has 0 aliphatic carbocycles. The van der Waals surface area contributed by atoms with Crippen LogP contribution in [0.2, 0.25) is 0 Å². The summed E-state index contributed by atoms with van der Waals surface area (Å²) in [7, 11) is 0. The van der Waals surface area contributed by atoms with Crippen LogP contribution in [-0.4, -0.2) is 4.98 Å². The molecule has 0 bridgehead atoms. The molecule has 0 amide bonds. The van der Waals surface area contributed by atoms with Gasteiger partial charge in [-0.25, -0.2) is 8.78 Å². The van der Waals surface area contributed by atoms with Crippen LogP contribution in [0.3, 0.4) is 0 Å². The molecule has 0 spiro atoms. The molecule has 0 aliphatic rings. The summed E-state index contributed by atoms with van der Waals surface area (Å²) in [6, 6.07) is 6.90. The Balaban J connectivity index is 2.71. The first-order chi connectivity index (χ1) is 7.08. The van der Waals surface area contributed by atoms with Gasteiger partial charge >= 0.3 is 0 Å². The fraction of sp³-hybridized carbons (Fsp3) is 0.182. The third kappa shape index (κ3) is 2.00. The topological polar surface area (TPSA) is 12.9 Å². The fourth-order valence-electron chi connectivity index (χ4n) is 1.47. The first-order valence-electron chi connectivity index (χ1n) is 4.43. The summed E-state index contributed by atoms with van der Waals surface area (Å²) in [4.78, 5) is 4.15. The standard InChI is InChI=1S/C11H8BrF2N/c1-6-9(11(13)14)4-7-2-3-8(12)5-10(7)15-6/h2-5,11H,1H3. The van der Waals surface area contributed by atoms with Crippen molar-refractivity contribution in [3.63, 3.8) is 0 Å². The number of hydrogen-bond donors (Lipinski definition) is 0. The minimum absolute atomic E-state index is 0.00447. The van der Waals surface area contributed by atoms with Crippen LogP contribution in [0.25, 0.3) is 10.9 Å². The number of rotatable bonds is 1. The second-order valence-electron chi connectivity index (χ2n) is 3.30. The van der Waals surface area contributed by atoms with E-state index in [1.807, 2.05) is 12.1 Å². The zero-order chi connectivity index (χ0) is 11.0. The van der Waals surface area contributed by atoms with Gasteiger partial charge in [-0.15, -0.1) is 0 Å². The minimum Gasteiger partial charge on any atom is -0.253 e. The predicted molar refractivity (Wildman–Crippen MR) is 59.1 cm³/mol. The molecule has 0 aliphatic heterocycles. The summed E-state index contributed by atoms with van der Waals surface area (Å²) >= 11 is 3.32. The molecule has 0 fully saturated rings. The van der Waals surface area contributed by atoms with Crippen molar-refractivity contribution in [1.29, 1.82) is 0 Å². The number of pyridine rings is 1. The quantitative estimate of drug-likeness (QED) is 0.756. The van der Waals surface area contributed by atoms with Gasteiger partial charge in [-0.3, -0.25) is 4.98 Å². The lowest BCUT2D eigenvalue weighted by atomic mass is 10.1. The summed E-state index contributed by atoms with van der Waals surface area (Å²) in [6.45, 7) is 1.60. The summed E-state index contributed by atoms with van der Waals surface area (Å²) in [5.74, 6) is 0. The van der Waals surface area contributed by atoms with Crippen molar-refractivity contribution in [2.75, 3.05) is 0 Å². The summed E-state index contributed by atoms with van der Waals surface area (Å²) in [5.41, 5.74) is 1.12. The van der Waals surface area contributed by atoms with E-state index in [1.54, 1.807) is 13.0 Å². The van der Waals surface area contributed by atoms with Crippen LogP contribution in [0, 0.1) is 6.92 Å². The molecular weight excluding hydrogens is 264 g/mol. The Morgan fingerprint density at radius 2 is 2.00 bits per heavy atom. The maximum Gasteiger partial charge on any atom is 0.265 e. The summed E-state index contributed by atoms with van der Waals surface area (Å²) < 4.78 is 26.1. The molecule has 2 rings (SSSR count). The highest BCUT2D eigenvalue weighted by atomic mass is 79.9. The van der Waals surface area contributed by atoms with E-state index in [-0.39, 0.29) is 5.56 Å². The van der Waals surface area contributed by atoms with E-state index in [4.69, 9.17) is 0 Å². The van der Waals surface area contributed by atoms with Gasteiger partial charge in [0.25, 0.3) is 6.43 Å². The molecule has 1 heterocycles. The Morgan fingerprint density at radius 3 is 2.67 bits per heavy atom. The van der Waals surface area contributed by atoms with Gasteiger partial charge in [0, 0.05) is 21.1 Å². The van der Waals surface area contributed by atoms with Gasteiger partial charge in [0.1, 0.15) is 0 Å². The van der Waals surface area contributed by atoms with Crippen molar-refractivity contribution < 1.29 is 8.78 Å². The van der Waals surface area contributed by atoms with Crippen LogP contribution in [0.15, 0.2) is 28.7 Å².